The highest BCUT2D eigenvalue weighted by Gasteiger charge is 2.91. The van der Waals surface area contributed by atoms with Gasteiger partial charge in [-0.25, -0.2) is 4.79 Å². The highest BCUT2D eigenvalue weighted by Crippen LogP contribution is 2.80. The van der Waals surface area contributed by atoms with Crippen molar-refractivity contribution >= 4 is 11.9 Å². The first-order valence-corrected chi connectivity index (χ1v) is 24.3. The summed E-state index contributed by atoms with van der Waals surface area (Å²) >= 11 is 0. The van der Waals surface area contributed by atoms with Gasteiger partial charge in [-0.3, -0.25) is 9.69 Å². The van der Waals surface area contributed by atoms with Crippen LogP contribution in [0.15, 0.2) is 30.3 Å². The van der Waals surface area contributed by atoms with E-state index in [1.807, 2.05) is 6.07 Å². The van der Waals surface area contributed by atoms with Gasteiger partial charge in [0.05, 0.1) is 24.4 Å². The molecule has 5 aliphatic carbocycles. The van der Waals surface area contributed by atoms with E-state index >= 15 is 0 Å². The van der Waals surface area contributed by atoms with Crippen LogP contribution in [-0.2, 0) is 33.2 Å². The Hall–Kier alpha value is -2.12. The smallest absolute Gasteiger partial charge is 0.338 e. The second kappa shape index (κ2) is 20.0. The van der Waals surface area contributed by atoms with Crippen molar-refractivity contribution in [1.82, 2.24) is 4.90 Å². The van der Waals surface area contributed by atoms with Gasteiger partial charge in [0, 0.05) is 76.0 Å². The molecule has 1 aromatic rings. The molecule has 344 valence electrons. The molecular weight excluding hydrogens is 775 g/mol. The van der Waals surface area contributed by atoms with Gasteiger partial charge < -0.3 is 38.6 Å². The van der Waals surface area contributed by atoms with E-state index in [-0.39, 0.29) is 48.2 Å². The summed E-state index contributed by atoms with van der Waals surface area (Å²) in [5.41, 5.74) is -3.96. The number of aliphatic hydroxyl groups is 2. The number of aliphatic hydroxyl groups excluding tert-OH is 1. The average Bonchev–Trinajstić information content (AvgIpc) is 3.64. The standard InChI is InChI=1S/C50H79NO10/c1-7-9-10-11-12-13-14-15-16-17-18-19-20-21-25-28-37(52)61-50-38-35(31-48(55,45(59-6)43(50)53)44(38)60-46(54)34-26-23-22-24-27-34)49-36(57-4)29-30-47(33-56-3)32-51(8-2)42(49)39(50)40(58-5)41(47)49/h22-24,26-27,35-36,38-45,53,55H,7-21,25,28-33H2,1-6H3/t35?,36-,38?,39?,40-,41?,42?,43?,44+,45-,47+,48+,49-,50+/m0/s1. The predicted molar refractivity (Wildman–Crippen MR) is 233 cm³/mol. The average molecular weight is 854 g/mol. The second-order valence-corrected chi connectivity index (χ2v) is 19.9. The zero-order valence-electron chi connectivity index (χ0n) is 38.3. The van der Waals surface area contributed by atoms with Gasteiger partial charge in [-0.2, -0.15) is 0 Å². The van der Waals surface area contributed by atoms with Crippen molar-refractivity contribution in [2.24, 2.45) is 34.5 Å². The summed E-state index contributed by atoms with van der Waals surface area (Å²) in [6.07, 6.45) is 16.0. The predicted octanol–water partition coefficient (Wildman–Crippen LogP) is 7.92. The van der Waals surface area contributed by atoms with E-state index in [1.165, 1.54) is 77.7 Å². The molecule has 7 bridgehead atoms. The third kappa shape index (κ3) is 7.84. The molecule has 7 rings (SSSR count). The van der Waals surface area contributed by atoms with E-state index in [0.717, 1.165) is 45.2 Å². The van der Waals surface area contributed by atoms with E-state index in [4.69, 9.17) is 28.4 Å². The fraction of sp³-hybridized carbons (Fsp3) is 0.840. The van der Waals surface area contributed by atoms with Crippen LogP contribution in [0.25, 0.3) is 0 Å². The largest absolute Gasteiger partial charge is 0.455 e. The number of carbonyl (C=O) groups excluding carboxylic acids is 2. The Labute approximate surface area is 366 Å². The normalized spacial score (nSPS) is 39.3. The first kappa shape index (κ1) is 46.9. The quantitative estimate of drug-likeness (QED) is 0.0735. The van der Waals surface area contributed by atoms with Crippen LogP contribution in [0.3, 0.4) is 0 Å². The zero-order valence-corrected chi connectivity index (χ0v) is 38.3. The van der Waals surface area contributed by atoms with Crippen LogP contribution in [0.1, 0.15) is 146 Å². The number of hydrogen-bond acceptors (Lipinski definition) is 11. The Morgan fingerprint density at radius 2 is 1.41 bits per heavy atom. The number of rotatable bonds is 25. The second-order valence-electron chi connectivity index (χ2n) is 19.9. The number of ether oxygens (including phenoxy) is 6. The van der Waals surface area contributed by atoms with Crippen LogP contribution >= 0.6 is 0 Å². The minimum Gasteiger partial charge on any atom is -0.455 e. The minimum atomic E-state index is -1.77. The Morgan fingerprint density at radius 3 is 1.97 bits per heavy atom. The maximum atomic E-state index is 14.6. The van der Waals surface area contributed by atoms with E-state index < -0.39 is 58.8 Å². The van der Waals surface area contributed by atoms with E-state index in [2.05, 4.69) is 18.7 Å². The molecule has 1 spiro atoms. The van der Waals surface area contributed by atoms with Gasteiger partial charge in [0.2, 0.25) is 0 Å². The minimum absolute atomic E-state index is 0.107. The molecule has 1 aliphatic heterocycles. The lowest BCUT2D eigenvalue weighted by atomic mass is 9.43. The molecule has 61 heavy (non-hydrogen) atoms. The molecule has 1 aromatic carbocycles. The lowest BCUT2D eigenvalue weighted by Gasteiger charge is -2.69. The first-order chi connectivity index (χ1) is 29.6. The summed E-state index contributed by atoms with van der Waals surface area (Å²) in [7, 11) is 6.74. The van der Waals surface area contributed by atoms with Gasteiger partial charge in [-0.15, -0.1) is 0 Å². The van der Waals surface area contributed by atoms with Crippen molar-refractivity contribution in [3.05, 3.63) is 35.9 Å². The van der Waals surface area contributed by atoms with Crippen LogP contribution in [0, 0.1) is 34.5 Å². The highest BCUT2D eigenvalue weighted by atomic mass is 16.6. The molecule has 2 N–H and O–H groups in total. The molecular formula is C50H79NO10. The number of benzene rings is 1. The summed E-state index contributed by atoms with van der Waals surface area (Å²) in [5, 5.41) is 26.1. The lowest BCUT2D eigenvalue weighted by Crippen LogP contribution is -2.81. The number of carbonyl (C=O) groups is 2. The molecule has 11 heteroatoms. The molecule has 6 unspecified atom stereocenters. The van der Waals surface area contributed by atoms with Crippen molar-refractivity contribution in [3.63, 3.8) is 0 Å². The van der Waals surface area contributed by atoms with Crippen LogP contribution < -0.4 is 0 Å². The SMILES string of the molecule is CCCCCCCCCCCCCCCCCC(=O)O[C@@]12C3C4N(CC)C[C@@]5(COC)CC[C@H](OC)[C@@]4(C4C[C@@](O)([C@H](OC(=O)c6ccccc6)C41)[C@@H](OC)C2O)C5[C@H]3OC. The van der Waals surface area contributed by atoms with E-state index in [0.29, 0.717) is 18.6 Å². The molecule has 6 fully saturated rings. The molecule has 0 aromatic heterocycles. The molecule has 1 heterocycles. The van der Waals surface area contributed by atoms with Gasteiger partial charge in [0.1, 0.15) is 23.9 Å². The Kier molecular flexibility index (Phi) is 15.3. The fourth-order valence-electron chi connectivity index (χ4n) is 15.0. The Morgan fingerprint density at radius 1 is 0.787 bits per heavy atom. The van der Waals surface area contributed by atoms with Crippen molar-refractivity contribution in [1.29, 1.82) is 0 Å². The molecule has 0 radical (unpaired) electrons. The lowest BCUT2D eigenvalue weighted by molar-refractivity contribution is -0.318. The highest BCUT2D eigenvalue weighted by molar-refractivity contribution is 5.89. The number of fused-ring (bicyclic) bond motifs is 2. The number of nitrogens with zero attached hydrogens (tertiary/aromatic N) is 1. The number of likely N-dealkylation sites (tertiary alicyclic amines) is 1. The molecule has 1 saturated heterocycles. The number of piperidine rings is 1. The number of methoxy groups -OCH3 is 4. The summed E-state index contributed by atoms with van der Waals surface area (Å²) in [4.78, 5) is 31.2. The van der Waals surface area contributed by atoms with Gasteiger partial charge in [-0.1, -0.05) is 122 Å². The van der Waals surface area contributed by atoms with Crippen molar-refractivity contribution < 1.29 is 48.2 Å². The fourth-order valence-corrected chi connectivity index (χ4v) is 15.0. The summed E-state index contributed by atoms with van der Waals surface area (Å²) < 4.78 is 39.1. The Bertz CT molecular complexity index is 1600. The third-order valence-corrected chi connectivity index (χ3v) is 17.0. The van der Waals surface area contributed by atoms with Gasteiger partial charge in [-0.05, 0) is 50.3 Å². The summed E-state index contributed by atoms with van der Waals surface area (Å²) in [6.45, 7) is 6.42. The summed E-state index contributed by atoms with van der Waals surface area (Å²) in [5.74, 6) is -2.76. The number of unbranched alkanes of at least 4 members (excludes halogenated alkanes) is 14. The monoisotopic (exact) mass is 854 g/mol. The van der Waals surface area contributed by atoms with Crippen molar-refractivity contribution in [3.8, 4) is 0 Å². The van der Waals surface area contributed by atoms with E-state index in [9.17, 15) is 19.8 Å². The molecule has 6 aliphatic rings. The van der Waals surface area contributed by atoms with Crippen LogP contribution in [-0.4, -0.2) is 123 Å². The van der Waals surface area contributed by atoms with Gasteiger partial charge >= 0.3 is 11.9 Å². The molecule has 14 atom stereocenters. The van der Waals surface area contributed by atoms with E-state index in [1.54, 1.807) is 45.6 Å². The van der Waals surface area contributed by atoms with Crippen LogP contribution in [0.5, 0.6) is 0 Å². The summed E-state index contributed by atoms with van der Waals surface area (Å²) in [6, 6.07) is 8.57. The molecule has 11 nitrogen and oxygen atoms in total. The third-order valence-electron chi connectivity index (χ3n) is 17.0. The maximum Gasteiger partial charge on any atom is 0.338 e. The van der Waals surface area contributed by atoms with Gasteiger partial charge in [0.25, 0.3) is 0 Å². The van der Waals surface area contributed by atoms with Gasteiger partial charge in [0.15, 0.2) is 5.60 Å². The zero-order chi connectivity index (χ0) is 43.4. The molecule has 5 saturated carbocycles. The van der Waals surface area contributed by atoms with Crippen LogP contribution in [0.2, 0.25) is 0 Å². The molecule has 0 amide bonds. The number of esters is 2. The number of hydrogen-bond donors (Lipinski definition) is 2. The topological polar surface area (TPSA) is 133 Å². The maximum absolute atomic E-state index is 14.6. The van der Waals surface area contributed by atoms with Crippen molar-refractivity contribution in [2.75, 3.05) is 48.1 Å². The van der Waals surface area contributed by atoms with Crippen molar-refractivity contribution in [2.45, 2.75) is 184 Å². The Balaban J connectivity index is 1.16. The van der Waals surface area contributed by atoms with Crippen LogP contribution in [0.4, 0.5) is 0 Å². The first-order valence-electron chi connectivity index (χ1n) is 24.3.